The van der Waals surface area contributed by atoms with E-state index in [9.17, 15) is 8.42 Å². The maximum atomic E-state index is 11.1. The van der Waals surface area contributed by atoms with Gasteiger partial charge in [0, 0.05) is 6.61 Å². The van der Waals surface area contributed by atoms with Gasteiger partial charge in [0.2, 0.25) is 0 Å². The molecule has 0 unspecified atom stereocenters. The largest absolute Gasteiger partial charge is 0.379 e. The highest BCUT2D eigenvalue weighted by Gasteiger charge is 2.23. The van der Waals surface area contributed by atoms with Crippen LogP contribution in [0.2, 0.25) is 0 Å². The summed E-state index contributed by atoms with van der Waals surface area (Å²) in [5.41, 5.74) is 0. The van der Waals surface area contributed by atoms with E-state index in [0.717, 1.165) is 12.8 Å². The van der Waals surface area contributed by atoms with Crippen LogP contribution in [-0.2, 0) is 14.6 Å². The van der Waals surface area contributed by atoms with E-state index < -0.39 is 9.84 Å². The lowest BCUT2D eigenvalue weighted by atomic mass is 10.0. The standard InChI is InChI=1S/C9H18O3S/c1-8(2)12-7-9-3-5-13(10,11)6-4-9/h8-9H,3-7H2,1-2H3. The summed E-state index contributed by atoms with van der Waals surface area (Å²) in [5.74, 6) is 1.14. The Balaban J connectivity index is 2.26. The lowest BCUT2D eigenvalue weighted by Crippen LogP contribution is -2.26. The zero-order valence-corrected chi connectivity index (χ0v) is 9.14. The first-order valence-electron chi connectivity index (χ1n) is 4.81. The lowest BCUT2D eigenvalue weighted by molar-refractivity contribution is 0.0487. The molecule has 0 aromatic rings. The van der Waals surface area contributed by atoms with Gasteiger partial charge in [-0.3, -0.25) is 0 Å². The summed E-state index contributed by atoms with van der Waals surface area (Å²) in [7, 11) is -2.71. The van der Waals surface area contributed by atoms with Gasteiger partial charge in [-0.15, -0.1) is 0 Å². The molecule has 0 aromatic carbocycles. The van der Waals surface area contributed by atoms with Crippen molar-refractivity contribution in [2.45, 2.75) is 32.8 Å². The predicted molar refractivity (Wildman–Crippen MR) is 52.5 cm³/mol. The number of sulfone groups is 1. The van der Waals surface area contributed by atoms with Gasteiger partial charge in [-0.05, 0) is 32.6 Å². The number of ether oxygens (including phenoxy) is 1. The molecule has 0 aliphatic carbocycles. The molecule has 0 saturated carbocycles. The van der Waals surface area contributed by atoms with Crippen molar-refractivity contribution in [2.75, 3.05) is 18.1 Å². The molecule has 1 heterocycles. The van der Waals surface area contributed by atoms with Crippen LogP contribution >= 0.6 is 0 Å². The van der Waals surface area contributed by atoms with Crippen LogP contribution in [0.1, 0.15) is 26.7 Å². The summed E-state index contributed by atoms with van der Waals surface area (Å²) >= 11 is 0. The van der Waals surface area contributed by atoms with Crippen LogP contribution in [0.4, 0.5) is 0 Å². The number of hydrogen-bond acceptors (Lipinski definition) is 3. The van der Waals surface area contributed by atoms with E-state index in [0.29, 0.717) is 24.0 Å². The second-order valence-electron chi connectivity index (χ2n) is 3.98. The third-order valence-corrected chi connectivity index (χ3v) is 4.05. The minimum Gasteiger partial charge on any atom is -0.379 e. The van der Waals surface area contributed by atoms with Gasteiger partial charge in [0.25, 0.3) is 0 Å². The Bertz CT molecular complexity index is 230. The van der Waals surface area contributed by atoms with E-state index in [-0.39, 0.29) is 6.10 Å². The Morgan fingerprint density at radius 3 is 2.31 bits per heavy atom. The Morgan fingerprint density at radius 2 is 1.85 bits per heavy atom. The fourth-order valence-corrected chi connectivity index (χ4v) is 3.02. The quantitative estimate of drug-likeness (QED) is 0.697. The summed E-state index contributed by atoms with van der Waals surface area (Å²) in [6, 6.07) is 0. The molecule has 0 atom stereocenters. The molecule has 0 amide bonds. The highest BCUT2D eigenvalue weighted by molar-refractivity contribution is 7.91. The van der Waals surface area contributed by atoms with Gasteiger partial charge in [-0.2, -0.15) is 0 Å². The van der Waals surface area contributed by atoms with E-state index in [4.69, 9.17) is 4.74 Å². The molecule has 0 aromatic heterocycles. The van der Waals surface area contributed by atoms with E-state index in [1.54, 1.807) is 0 Å². The van der Waals surface area contributed by atoms with Crippen LogP contribution in [0.25, 0.3) is 0 Å². The van der Waals surface area contributed by atoms with Gasteiger partial charge < -0.3 is 4.74 Å². The summed E-state index contributed by atoms with van der Waals surface area (Å²) in [6.07, 6.45) is 1.79. The van der Waals surface area contributed by atoms with Crippen LogP contribution in [0.15, 0.2) is 0 Å². The van der Waals surface area contributed by atoms with Gasteiger partial charge in [0.15, 0.2) is 0 Å². The molecule has 13 heavy (non-hydrogen) atoms. The topological polar surface area (TPSA) is 43.4 Å². The Hall–Kier alpha value is -0.0900. The second kappa shape index (κ2) is 4.42. The predicted octanol–water partition coefficient (Wildman–Crippen LogP) is 1.24. The molecular formula is C9H18O3S. The molecule has 1 aliphatic rings. The summed E-state index contributed by atoms with van der Waals surface area (Å²) < 4.78 is 27.6. The van der Waals surface area contributed by atoms with Crippen molar-refractivity contribution in [2.24, 2.45) is 5.92 Å². The van der Waals surface area contributed by atoms with Gasteiger partial charge in [-0.25, -0.2) is 8.42 Å². The Kier molecular flexibility index (Phi) is 3.74. The number of rotatable bonds is 3. The molecular weight excluding hydrogens is 188 g/mol. The fraction of sp³-hybridized carbons (Fsp3) is 1.00. The van der Waals surface area contributed by atoms with E-state index in [2.05, 4.69) is 0 Å². The van der Waals surface area contributed by atoms with Gasteiger partial charge >= 0.3 is 0 Å². The first kappa shape index (κ1) is 11.0. The summed E-state index contributed by atoms with van der Waals surface area (Å²) in [5, 5.41) is 0. The molecule has 4 heteroatoms. The molecule has 78 valence electrons. The van der Waals surface area contributed by atoms with Crippen LogP contribution in [0.3, 0.4) is 0 Å². The molecule has 3 nitrogen and oxygen atoms in total. The van der Waals surface area contributed by atoms with Crippen molar-refractivity contribution in [3.8, 4) is 0 Å². The van der Waals surface area contributed by atoms with Crippen molar-refractivity contribution >= 4 is 9.84 Å². The van der Waals surface area contributed by atoms with Crippen LogP contribution in [0, 0.1) is 5.92 Å². The third-order valence-electron chi connectivity index (χ3n) is 2.34. The number of hydrogen-bond donors (Lipinski definition) is 0. The monoisotopic (exact) mass is 206 g/mol. The molecule has 0 radical (unpaired) electrons. The first-order chi connectivity index (χ1) is 5.99. The van der Waals surface area contributed by atoms with E-state index >= 15 is 0 Å². The summed E-state index contributed by atoms with van der Waals surface area (Å²) in [6.45, 7) is 4.71. The highest BCUT2D eigenvalue weighted by atomic mass is 32.2. The van der Waals surface area contributed by atoms with E-state index in [1.165, 1.54) is 0 Å². The average molecular weight is 206 g/mol. The molecule has 0 spiro atoms. The zero-order valence-electron chi connectivity index (χ0n) is 8.32. The minimum absolute atomic E-state index is 0.249. The van der Waals surface area contributed by atoms with Crippen molar-refractivity contribution < 1.29 is 13.2 Å². The molecule has 1 fully saturated rings. The van der Waals surface area contributed by atoms with E-state index in [1.807, 2.05) is 13.8 Å². The molecule has 0 N–H and O–H groups in total. The van der Waals surface area contributed by atoms with Crippen LogP contribution < -0.4 is 0 Å². The molecule has 1 saturated heterocycles. The van der Waals surface area contributed by atoms with Crippen LogP contribution in [0.5, 0.6) is 0 Å². The lowest BCUT2D eigenvalue weighted by Gasteiger charge is -2.22. The average Bonchev–Trinajstić information content (AvgIpc) is 2.02. The van der Waals surface area contributed by atoms with Gasteiger partial charge in [0.05, 0.1) is 17.6 Å². The molecule has 0 bridgehead atoms. The SMILES string of the molecule is CC(C)OCC1CCS(=O)(=O)CC1. The first-order valence-corrected chi connectivity index (χ1v) is 6.64. The Labute approximate surface area is 80.4 Å². The maximum absolute atomic E-state index is 11.1. The van der Waals surface area contributed by atoms with Gasteiger partial charge in [-0.1, -0.05) is 0 Å². The van der Waals surface area contributed by atoms with Crippen molar-refractivity contribution in [3.05, 3.63) is 0 Å². The fourth-order valence-electron chi connectivity index (χ4n) is 1.43. The van der Waals surface area contributed by atoms with Crippen molar-refractivity contribution in [3.63, 3.8) is 0 Å². The van der Waals surface area contributed by atoms with Crippen molar-refractivity contribution in [1.29, 1.82) is 0 Å². The smallest absolute Gasteiger partial charge is 0.150 e. The zero-order chi connectivity index (χ0) is 9.90. The maximum Gasteiger partial charge on any atom is 0.150 e. The highest BCUT2D eigenvalue weighted by Crippen LogP contribution is 2.19. The second-order valence-corrected chi connectivity index (χ2v) is 6.28. The molecule has 1 rings (SSSR count). The summed E-state index contributed by atoms with van der Waals surface area (Å²) in [4.78, 5) is 0. The molecule has 1 aliphatic heterocycles. The normalized spacial score (nSPS) is 23.6. The minimum atomic E-state index is -2.71. The van der Waals surface area contributed by atoms with Crippen molar-refractivity contribution in [1.82, 2.24) is 0 Å². The third kappa shape index (κ3) is 4.09. The Morgan fingerprint density at radius 1 is 1.31 bits per heavy atom. The van der Waals surface area contributed by atoms with Gasteiger partial charge in [0.1, 0.15) is 9.84 Å². The van der Waals surface area contributed by atoms with Crippen LogP contribution in [-0.4, -0.2) is 32.6 Å².